The van der Waals surface area contributed by atoms with Gasteiger partial charge in [0.05, 0.1) is 12.3 Å². The quantitative estimate of drug-likeness (QED) is 0.218. The maximum absolute atomic E-state index is 6.01. The Bertz CT molecular complexity index is 1280. The van der Waals surface area contributed by atoms with Crippen LogP contribution >= 0.6 is 11.3 Å². The van der Waals surface area contributed by atoms with Crippen molar-refractivity contribution in [2.45, 2.75) is 51.6 Å². The molecule has 4 nitrogen and oxygen atoms in total. The van der Waals surface area contributed by atoms with E-state index in [4.69, 9.17) is 14.5 Å². The lowest BCUT2D eigenvalue weighted by Gasteiger charge is -2.22. The molecule has 3 aromatic carbocycles. The third kappa shape index (κ3) is 6.21. The minimum Gasteiger partial charge on any atom is -0.490 e. The number of aliphatic imine (C=N–C) groups is 1. The first-order valence-corrected chi connectivity index (χ1v) is 13.7. The van der Waals surface area contributed by atoms with E-state index < -0.39 is 0 Å². The number of thiazole rings is 1. The predicted octanol–water partition coefficient (Wildman–Crippen LogP) is 8.59. The molecule has 0 bridgehead atoms. The molecule has 0 saturated heterocycles. The minimum atomic E-state index is 0.498. The number of rotatable bonds is 9. The van der Waals surface area contributed by atoms with Crippen LogP contribution in [0, 0.1) is 0 Å². The van der Waals surface area contributed by atoms with E-state index in [9.17, 15) is 0 Å². The van der Waals surface area contributed by atoms with Crippen molar-refractivity contribution in [3.8, 4) is 22.8 Å². The van der Waals surface area contributed by atoms with Crippen molar-refractivity contribution < 1.29 is 9.47 Å². The fourth-order valence-corrected chi connectivity index (χ4v) is 5.35. The Labute approximate surface area is 217 Å². The van der Waals surface area contributed by atoms with E-state index in [-0.39, 0.29) is 0 Å². The molecule has 1 saturated carbocycles. The fourth-order valence-electron chi connectivity index (χ4n) is 4.68. The Balaban J connectivity index is 1.25. The highest BCUT2D eigenvalue weighted by atomic mass is 32.1. The van der Waals surface area contributed by atoms with Crippen molar-refractivity contribution in [1.82, 2.24) is 4.98 Å². The van der Waals surface area contributed by atoms with Gasteiger partial charge in [-0.3, -0.25) is 0 Å². The van der Waals surface area contributed by atoms with Gasteiger partial charge in [0.2, 0.25) is 5.13 Å². The first kappa shape index (κ1) is 24.3. The molecule has 1 aliphatic carbocycles. The predicted molar refractivity (Wildman–Crippen MR) is 149 cm³/mol. The molecular formula is C31H32N2O2S. The molecule has 184 valence electrons. The number of aromatic nitrogens is 1. The lowest BCUT2D eigenvalue weighted by molar-refractivity contribution is 0.269. The molecule has 0 amide bonds. The summed E-state index contributed by atoms with van der Waals surface area (Å²) in [5.41, 5.74) is 5.65. The van der Waals surface area contributed by atoms with Gasteiger partial charge >= 0.3 is 0 Å². The SMILES string of the molecule is CCOc1cc(C=Nc2nc(-c3ccc(C4CCCCC4)cc3)cs2)ccc1OCc1ccccc1. The van der Waals surface area contributed by atoms with E-state index in [1.165, 1.54) is 37.7 Å². The molecule has 5 heteroatoms. The molecule has 36 heavy (non-hydrogen) atoms. The third-order valence-electron chi connectivity index (χ3n) is 6.60. The van der Waals surface area contributed by atoms with Crippen LogP contribution in [0.3, 0.4) is 0 Å². The summed E-state index contributed by atoms with van der Waals surface area (Å²) in [7, 11) is 0. The van der Waals surface area contributed by atoms with Crippen LogP contribution < -0.4 is 9.47 Å². The van der Waals surface area contributed by atoms with Gasteiger partial charge in [-0.15, -0.1) is 11.3 Å². The zero-order valence-corrected chi connectivity index (χ0v) is 21.5. The van der Waals surface area contributed by atoms with Crippen molar-refractivity contribution in [2.75, 3.05) is 6.61 Å². The van der Waals surface area contributed by atoms with Crippen LogP contribution in [0.15, 0.2) is 83.2 Å². The normalized spacial score (nSPS) is 14.2. The summed E-state index contributed by atoms with van der Waals surface area (Å²) in [4.78, 5) is 9.37. The molecule has 4 aromatic rings. The smallest absolute Gasteiger partial charge is 0.209 e. The van der Waals surface area contributed by atoms with E-state index in [0.29, 0.717) is 13.2 Å². The van der Waals surface area contributed by atoms with Crippen LogP contribution in [0.5, 0.6) is 11.5 Å². The van der Waals surface area contributed by atoms with E-state index in [2.05, 4.69) is 46.8 Å². The van der Waals surface area contributed by atoms with Gasteiger partial charge in [-0.25, -0.2) is 9.98 Å². The first-order valence-electron chi connectivity index (χ1n) is 12.8. The molecule has 0 spiro atoms. The van der Waals surface area contributed by atoms with Gasteiger partial charge in [-0.1, -0.05) is 73.9 Å². The number of benzene rings is 3. The molecule has 1 fully saturated rings. The molecule has 1 aliphatic rings. The summed E-state index contributed by atoms with van der Waals surface area (Å²) in [5, 5.41) is 2.82. The Morgan fingerprint density at radius 2 is 1.72 bits per heavy atom. The van der Waals surface area contributed by atoms with Crippen molar-refractivity contribution in [3.63, 3.8) is 0 Å². The Hall–Kier alpha value is -3.44. The molecule has 1 aromatic heterocycles. The van der Waals surface area contributed by atoms with Crippen LogP contribution in [0.4, 0.5) is 5.13 Å². The van der Waals surface area contributed by atoms with Gasteiger partial charge in [0, 0.05) is 17.2 Å². The summed E-state index contributed by atoms with van der Waals surface area (Å²) in [6, 6.07) is 25.0. The van der Waals surface area contributed by atoms with Gasteiger partial charge in [0.25, 0.3) is 0 Å². The molecular weight excluding hydrogens is 464 g/mol. The lowest BCUT2D eigenvalue weighted by Crippen LogP contribution is -2.04. The van der Waals surface area contributed by atoms with Gasteiger partial charge in [0.1, 0.15) is 6.61 Å². The molecule has 1 heterocycles. The average molecular weight is 497 g/mol. The summed E-state index contributed by atoms with van der Waals surface area (Å²) < 4.78 is 11.8. The average Bonchev–Trinajstić information content (AvgIpc) is 3.42. The Kier molecular flexibility index (Phi) is 8.09. The second kappa shape index (κ2) is 12.0. The van der Waals surface area contributed by atoms with Crippen LogP contribution in [0.25, 0.3) is 11.3 Å². The fraction of sp³-hybridized carbons (Fsp3) is 0.290. The van der Waals surface area contributed by atoms with E-state index in [1.807, 2.05) is 49.5 Å². The van der Waals surface area contributed by atoms with E-state index in [1.54, 1.807) is 11.3 Å². The second-order valence-electron chi connectivity index (χ2n) is 9.14. The van der Waals surface area contributed by atoms with Gasteiger partial charge < -0.3 is 9.47 Å². The van der Waals surface area contributed by atoms with Gasteiger partial charge in [-0.05, 0) is 60.6 Å². The maximum atomic E-state index is 6.01. The van der Waals surface area contributed by atoms with Crippen LogP contribution in [0.1, 0.15) is 61.6 Å². The summed E-state index contributed by atoms with van der Waals surface area (Å²) in [5.74, 6) is 2.17. The number of hydrogen-bond donors (Lipinski definition) is 0. The molecule has 0 unspecified atom stereocenters. The highest BCUT2D eigenvalue weighted by molar-refractivity contribution is 7.13. The van der Waals surface area contributed by atoms with Crippen LogP contribution in [-0.4, -0.2) is 17.8 Å². The largest absolute Gasteiger partial charge is 0.490 e. The van der Waals surface area contributed by atoms with E-state index in [0.717, 1.165) is 44.9 Å². The molecule has 0 atom stereocenters. The maximum Gasteiger partial charge on any atom is 0.209 e. The Morgan fingerprint density at radius 3 is 2.50 bits per heavy atom. The summed E-state index contributed by atoms with van der Waals surface area (Å²) in [6.07, 6.45) is 8.57. The lowest BCUT2D eigenvalue weighted by atomic mass is 9.84. The first-order chi connectivity index (χ1) is 17.8. The van der Waals surface area contributed by atoms with Crippen LogP contribution in [-0.2, 0) is 6.61 Å². The van der Waals surface area contributed by atoms with Gasteiger partial charge in [0.15, 0.2) is 11.5 Å². The van der Waals surface area contributed by atoms with Crippen molar-refractivity contribution in [2.24, 2.45) is 4.99 Å². The van der Waals surface area contributed by atoms with Gasteiger partial charge in [-0.2, -0.15) is 0 Å². The van der Waals surface area contributed by atoms with Crippen LogP contribution in [0.2, 0.25) is 0 Å². The number of nitrogens with zero attached hydrogens (tertiary/aromatic N) is 2. The van der Waals surface area contributed by atoms with E-state index >= 15 is 0 Å². The number of ether oxygens (including phenoxy) is 2. The molecule has 0 aliphatic heterocycles. The molecule has 5 rings (SSSR count). The van der Waals surface area contributed by atoms with Crippen molar-refractivity contribution in [1.29, 1.82) is 0 Å². The standard InChI is InChI=1S/C31H32N2O2S/c1-2-34-30-19-24(13-18-29(30)35-21-23-9-5-3-6-10-23)20-32-31-33-28(22-36-31)27-16-14-26(15-17-27)25-11-7-4-8-12-25/h3,5-6,9-10,13-20,22,25H,2,4,7-8,11-12,21H2,1H3. The molecule has 0 radical (unpaired) electrons. The zero-order chi connectivity index (χ0) is 24.6. The Morgan fingerprint density at radius 1 is 0.917 bits per heavy atom. The summed E-state index contributed by atoms with van der Waals surface area (Å²) >= 11 is 1.55. The minimum absolute atomic E-state index is 0.498. The zero-order valence-electron chi connectivity index (χ0n) is 20.7. The highest BCUT2D eigenvalue weighted by Crippen LogP contribution is 2.34. The van der Waals surface area contributed by atoms with Crippen molar-refractivity contribution >= 4 is 22.7 Å². The van der Waals surface area contributed by atoms with Crippen molar-refractivity contribution in [3.05, 3.63) is 94.9 Å². The summed E-state index contributed by atoms with van der Waals surface area (Å²) in [6.45, 7) is 3.04. The molecule has 0 N–H and O–H groups in total. The topological polar surface area (TPSA) is 43.7 Å². The monoisotopic (exact) mass is 496 g/mol. The second-order valence-corrected chi connectivity index (χ2v) is 9.98. The number of hydrogen-bond acceptors (Lipinski definition) is 5. The third-order valence-corrected chi connectivity index (χ3v) is 7.35. The highest BCUT2D eigenvalue weighted by Gasteiger charge is 2.15.